The lowest BCUT2D eigenvalue weighted by atomic mass is 10.1. The highest BCUT2D eigenvalue weighted by Gasteiger charge is 2.07. The van der Waals surface area contributed by atoms with Gasteiger partial charge in [0.25, 0.3) is 0 Å². The summed E-state index contributed by atoms with van der Waals surface area (Å²) in [5, 5.41) is 0. The van der Waals surface area contributed by atoms with Gasteiger partial charge < -0.3 is 15.6 Å². The molecule has 11 heavy (non-hydrogen) atoms. The lowest BCUT2D eigenvalue weighted by Crippen LogP contribution is -2.26. The van der Waals surface area contributed by atoms with Crippen molar-refractivity contribution < 1.29 is 4.12 Å². The first kappa shape index (κ1) is 11.3. The SMILES string of the molecule is CC(CC(N)CCN)[SiH2]O[SiH3]. The van der Waals surface area contributed by atoms with Crippen LogP contribution in [0.15, 0.2) is 0 Å². The summed E-state index contributed by atoms with van der Waals surface area (Å²) in [5.74, 6) is 0. The quantitative estimate of drug-likeness (QED) is 0.490. The summed E-state index contributed by atoms with van der Waals surface area (Å²) in [7, 11) is 0.613. The maximum atomic E-state index is 5.81. The van der Waals surface area contributed by atoms with E-state index in [0.717, 1.165) is 23.3 Å². The lowest BCUT2D eigenvalue weighted by Gasteiger charge is -2.15. The van der Waals surface area contributed by atoms with Crippen LogP contribution in [0, 0.1) is 0 Å². The topological polar surface area (TPSA) is 61.3 Å². The van der Waals surface area contributed by atoms with Gasteiger partial charge in [0.15, 0.2) is 0 Å². The van der Waals surface area contributed by atoms with E-state index in [2.05, 4.69) is 6.92 Å². The second-order valence-corrected chi connectivity index (χ2v) is 7.17. The molecule has 0 saturated carbocycles. The zero-order valence-electron chi connectivity index (χ0n) is 7.55. The van der Waals surface area contributed by atoms with Crippen LogP contribution >= 0.6 is 0 Å². The van der Waals surface area contributed by atoms with Crippen molar-refractivity contribution in [2.45, 2.75) is 31.3 Å². The van der Waals surface area contributed by atoms with Gasteiger partial charge in [0.1, 0.15) is 20.2 Å². The van der Waals surface area contributed by atoms with Crippen molar-refractivity contribution in [1.29, 1.82) is 0 Å². The normalized spacial score (nSPS) is 17.7. The monoisotopic (exact) mass is 192 g/mol. The standard InChI is InChI=1S/C6H20N2OSi2/c1-5(11-9-10)4-6(8)2-3-7/h5-6H,2-4,7-8,11H2,1,10H3. The van der Waals surface area contributed by atoms with Gasteiger partial charge in [-0.3, -0.25) is 0 Å². The lowest BCUT2D eigenvalue weighted by molar-refractivity contribution is 0.540. The molecule has 0 saturated heterocycles. The maximum absolute atomic E-state index is 5.81. The van der Waals surface area contributed by atoms with Gasteiger partial charge in [0.2, 0.25) is 0 Å². The Morgan fingerprint density at radius 2 is 2.27 bits per heavy atom. The highest BCUT2D eigenvalue weighted by Crippen LogP contribution is 2.10. The van der Waals surface area contributed by atoms with Crippen LogP contribution in [0.2, 0.25) is 5.54 Å². The predicted molar refractivity (Wildman–Crippen MR) is 55.3 cm³/mol. The molecule has 0 radical (unpaired) electrons. The van der Waals surface area contributed by atoms with Crippen molar-refractivity contribution in [2.75, 3.05) is 6.54 Å². The third-order valence-electron chi connectivity index (χ3n) is 1.69. The molecule has 0 rings (SSSR count). The van der Waals surface area contributed by atoms with Crippen LogP contribution in [-0.2, 0) is 4.12 Å². The van der Waals surface area contributed by atoms with Gasteiger partial charge in [-0.05, 0) is 24.9 Å². The fourth-order valence-corrected chi connectivity index (χ4v) is 4.04. The van der Waals surface area contributed by atoms with Crippen molar-refractivity contribution in [3.05, 3.63) is 0 Å². The van der Waals surface area contributed by atoms with Crippen LogP contribution < -0.4 is 11.5 Å². The Hall–Kier alpha value is 0.314. The number of hydrogen-bond donors (Lipinski definition) is 2. The van der Waals surface area contributed by atoms with E-state index in [4.69, 9.17) is 15.6 Å². The van der Waals surface area contributed by atoms with Crippen molar-refractivity contribution in [3.8, 4) is 0 Å². The van der Waals surface area contributed by atoms with Crippen molar-refractivity contribution >= 4 is 20.2 Å². The summed E-state index contributed by atoms with van der Waals surface area (Å²) in [5.41, 5.74) is 11.9. The van der Waals surface area contributed by atoms with Crippen LogP contribution in [0.3, 0.4) is 0 Å². The summed E-state index contributed by atoms with van der Waals surface area (Å²) < 4.78 is 5.27. The first-order valence-corrected chi connectivity index (χ1v) is 6.36. The molecule has 68 valence electrons. The van der Waals surface area contributed by atoms with Gasteiger partial charge in [-0.25, -0.2) is 0 Å². The molecule has 0 spiro atoms. The smallest absolute Gasteiger partial charge is 0.148 e. The van der Waals surface area contributed by atoms with Crippen LogP contribution in [0.1, 0.15) is 19.8 Å². The first-order chi connectivity index (χ1) is 5.20. The van der Waals surface area contributed by atoms with Crippen LogP contribution in [0.25, 0.3) is 0 Å². The minimum absolute atomic E-state index is 0.273. The molecule has 0 aromatic rings. The molecule has 3 nitrogen and oxygen atoms in total. The van der Waals surface area contributed by atoms with Gasteiger partial charge in [-0.2, -0.15) is 0 Å². The molecule has 0 aliphatic carbocycles. The molecule has 0 aliphatic heterocycles. The summed E-state index contributed by atoms with van der Waals surface area (Å²) in [6, 6.07) is 0.291. The van der Waals surface area contributed by atoms with E-state index in [1.807, 2.05) is 0 Å². The van der Waals surface area contributed by atoms with E-state index >= 15 is 0 Å². The van der Waals surface area contributed by atoms with E-state index in [0.29, 0.717) is 18.1 Å². The molecule has 0 aliphatic rings. The van der Waals surface area contributed by atoms with Gasteiger partial charge in [0, 0.05) is 6.04 Å². The largest absolute Gasteiger partial charge is 0.468 e. The number of hydrogen-bond acceptors (Lipinski definition) is 3. The average molecular weight is 192 g/mol. The zero-order valence-corrected chi connectivity index (χ0v) is 11.0. The van der Waals surface area contributed by atoms with Gasteiger partial charge >= 0.3 is 0 Å². The number of rotatable bonds is 6. The third-order valence-corrected chi connectivity index (χ3v) is 3.93. The van der Waals surface area contributed by atoms with Gasteiger partial charge in [-0.1, -0.05) is 6.92 Å². The Bertz CT molecular complexity index is 84.7. The Labute approximate surface area is 74.3 Å². The van der Waals surface area contributed by atoms with Crippen molar-refractivity contribution in [3.63, 3.8) is 0 Å². The summed E-state index contributed by atoms with van der Waals surface area (Å²) in [4.78, 5) is 0. The molecule has 2 unspecified atom stereocenters. The second-order valence-electron chi connectivity index (χ2n) is 3.13. The molecule has 0 bridgehead atoms. The summed E-state index contributed by atoms with van der Waals surface area (Å²) >= 11 is 0. The first-order valence-electron chi connectivity index (χ1n) is 4.15. The highest BCUT2D eigenvalue weighted by molar-refractivity contribution is 6.35. The summed E-state index contributed by atoms with van der Waals surface area (Å²) in [6.45, 7) is 2.93. The molecule has 0 fully saturated rings. The predicted octanol–water partition coefficient (Wildman–Crippen LogP) is -1.76. The Kier molecular flexibility index (Phi) is 7.19. The van der Waals surface area contributed by atoms with Crippen LogP contribution in [0.5, 0.6) is 0 Å². The van der Waals surface area contributed by atoms with E-state index < -0.39 is 0 Å². The fraction of sp³-hybridized carbons (Fsp3) is 1.00. The Morgan fingerprint density at radius 3 is 2.73 bits per heavy atom. The molecule has 0 aromatic heterocycles. The van der Waals surface area contributed by atoms with E-state index in [1.165, 1.54) is 0 Å². The molecule has 5 heteroatoms. The Morgan fingerprint density at radius 1 is 1.64 bits per heavy atom. The number of nitrogens with two attached hydrogens (primary N) is 2. The Balaban J connectivity index is 3.32. The second kappa shape index (κ2) is 6.99. The molecule has 0 amide bonds. The third kappa shape index (κ3) is 6.70. The summed E-state index contributed by atoms with van der Waals surface area (Å²) in [6.07, 6.45) is 2.03. The highest BCUT2D eigenvalue weighted by atomic mass is 28.3. The van der Waals surface area contributed by atoms with Gasteiger partial charge in [-0.15, -0.1) is 0 Å². The van der Waals surface area contributed by atoms with E-state index in [-0.39, 0.29) is 9.76 Å². The average Bonchev–Trinajstić information content (AvgIpc) is 1.87. The van der Waals surface area contributed by atoms with E-state index in [9.17, 15) is 0 Å². The maximum Gasteiger partial charge on any atom is 0.148 e. The van der Waals surface area contributed by atoms with E-state index in [1.54, 1.807) is 0 Å². The van der Waals surface area contributed by atoms with Crippen molar-refractivity contribution in [1.82, 2.24) is 0 Å². The minimum atomic E-state index is -0.273. The van der Waals surface area contributed by atoms with Crippen molar-refractivity contribution in [2.24, 2.45) is 11.5 Å². The molecule has 4 N–H and O–H groups in total. The van der Waals surface area contributed by atoms with Crippen LogP contribution in [-0.4, -0.2) is 32.8 Å². The molecule has 0 heterocycles. The minimum Gasteiger partial charge on any atom is -0.468 e. The zero-order chi connectivity index (χ0) is 8.69. The molecule has 2 atom stereocenters. The van der Waals surface area contributed by atoms with Crippen LogP contribution in [0.4, 0.5) is 0 Å². The fourth-order valence-electron chi connectivity index (χ4n) is 1.20. The molecular weight excluding hydrogens is 172 g/mol. The van der Waals surface area contributed by atoms with Gasteiger partial charge in [0.05, 0.1) is 0 Å². The molecular formula is C6H20N2OSi2. The molecule has 0 aromatic carbocycles.